The Morgan fingerprint density at radius 1 is 1.03 bits per heavy atom. The van der Waals surface area contributed by atoms with Crippen LogP contribution in [0.25, 0.3) is 10.8 Å². The Bertz CT molecular complexity index is 1390. The van der Waals surface area contributed by atoms with E-state index in [4.69, 9.17) is 5.73 Å². The Hall–Kier alpha value is -3.84. The lowest BCUT2D eigenvalue weighted by atomic mass is 9.53. The fraction of sp³-hybridized carbons (Fsp3) is 0.214. The Balaban J connectivity index is 1.77. The van der Waals surface area contributed by atoms with E-state index in [9.17, 15) is 10.1 Å². The van der Waals surface area contributed by atoms with Crippen molar-refractivity contribution in [3.8, 4) is 6.07 Å². The standard InChI is InChI=1S/C28H23N3O/c29-16-22-19-11-3-4-12-21(19)25(20-13-7-9-17-8-1-2-10-18(17)20)28(26(22)30)23-14-5-6-15-24(23)31-27(28)32/h1-2,5-11,13-15,21,25H,3-4,12,30H2,(H,31,32)/t21-,25+,28-/m1/s1. The summed E-state index contributed by atoms with van der Waals surface area (Å²) < 4.78 is 0. The molecule has 2 aliphatic carbocycles. The SMILES string of the molecule is N#CC1=C(N)[C@]2(C(=O)Nc3ccccc32)[C@@H](c2cccc3ccccc23)[C@@H]2CCCC=C12. The van der Waals surface area contributed by atoms with Crippen LogP contribution in [0.4, 0.5) is 5.69 Å². The van der Waals surface area contributed by atoms with Crippen LogP contribution >= 0.6 is 0 Å². The summed E-state index contributed by atoms with van der Waals surface area (Å²) in [5.41, 5.74) is 10.4. The highest BCUT2D eigenvalue weighted by molar-refractivity contribution is 6.10. The number of nitriles is 1. The van der Waals surface area contributed by atoms with Gasteiger partial charge in [0.15, 0.2) is 0 Å². The molecule has 3 aromatic rings. The molecule has 1 aliphatic heterocycles. The highest BCUT2D eigenvalue weighted by atomic mass is 16.2. The molecule has 4 heteroatoms. The number of benzene rings is 3. The van der Waals surface area contributed by atoms with Crippen LogP contribution in [0.5, 0.6) is 0 Å². The number of para-hydroxylation sites is 1. The van der Waals surface area contributed by atoms with Crippen molar-refractivity contribution in [3.05, 3.63) is 101 Å². The normalized spacial score (nSPS) is 26.3. The highest BCUT2D eigenvalue weighted by Gasteiger charge is 2.61. The molecule has 32 heavy (non-hydrogen) atoms. The molecule has 1 spiro atoms. The van der Waals surface area contributed by atoms with Gasteiger partial charge in [-0.05, 0) is 58.7 Å². The fourth-order valence-electron chi connectivity index (χ4n) is 6.31. The van der Waals surface area contributed by atoms with Crippen molar-refractivity contribution in [2.75, 3.05) is 5.32 Å². The van der Waals surface area contributed by atoms with Crippen molar-refractivity contribution in [3.63, 3.8) is 0 Å². The molecule has 0 saturated carbocycles. The number of nitrogens with zero attached hydrogens (tertiary/aromatic N) is 1. The summed E-state index contributed by atoms with van der Waals surface area (Å²) >= 11 is 0. The molecular weight excluding hydrogens is 394 g/mol. The minimum absolute atomic E-state index is 0.0495. The molecule has 0 unspecified atom stereocenters. The first-order valence-corrected chi connectivity index (χ1v) is 11.2. The molecule has 0 radical (unpaired) electrons. The van der Waals surface area contributed by atoms with Crippen LogP contribution in [0.3, 0.4) is 0 Å². The van der Waals surface area contributed by atoms with Crippen molar-refractivity contribution < 1.29 is 4.79 Å². The number of nitrogens with one attached hydrogen (secondary N) is 1. The highest BCUT2D eigenvalue weighted by Crippen LogP contribution is 2.61. The van der Waals surface area contributed by atoms with Crippen LogP contribution in [-0.2, 0) is 10.2 Å². The lowest BCUT2D eigenvalue weighted by Crippen LogP contribution is -2.51. The summed E-state index contributed by atoms with van der Waals surface area (Å²) in [4.78, 5) is 13.9. The summed E-state index contributed by atoms with van der Waals surface area (Å²) in [7, 11) is 0. The molecule has 156 valence electrons. The second-order valence-electron chi connectivity index (χ2n) is 8.95. The predicted octanol–water partition coefficient (Wildman–Crippen LogP) is 5.29. The van der Waals surface area contributed by atoms with Crippen LogP contribution in [0.15, 0.2) is 89.6 Å². The summed E-state index contributed by atoms with van der Waals surface area (Å²) in [6, 6.07) is 24.8. The van der Waals surface area contributed by atoms with E-state index in [0.29, 0.717) is 11.3 Å². The molecule has 3 aromatic carbocycles. The van der Waals surface area contributed by atoms with Crippen molar-refractivity contribution in [1.29, 1.82) is 5.26 Å². The quantitative estimate of drug-likeness (QED) is 0.565. The number of rotatable bonds is 1. The number of nitrogens with two attached hydrogens (primary N) is 1. The van der Waals surface area contributed by atoms with Gasteiger partial charge in [-0.15, -0.1) is 0 Å². The van der Waals surface area contributed by atoms with Gasteiger partial charge in [0.05, 0.1) is 5.57 Å². The molecule has 0 saturated heterocycles. The number of fused-ring (bicyclic) bond motifs is 4. The lowest BCUT2D eigenvalue weighted by Gasteiger charge is -2.47. The molecule has 3 atom stereocenters. The summed E-state index contributed by atoms with van der Waals surface area (Å²) in [6.45, 7) is 0. The largest absolute Gasteiger partial charge is 0.400 e. The van der Waals surface area contributed by atoms with Crippen LogP contribution in [0.1, 0.15) is 36.3 Å². The van der Waals surface area contributed by atoms with Gasteiger partial charge in [-0.2, -0.15) is 5.26 Å². The first-order valence-electron chi connectivity index (χ1n) is 11.2. The zero-order chi connectivity index (χ0) is 21.9. The van der Waals surface area contributed by atoms with Gasteiger partial charge in [0.25, 0.3) is 0 Å². The minimum Gasteiger partial charge on any atom is -0.400 e. The monoisotopic (exact) mass is 417 g/mol. The molecule has 0 bridgehead atoms. The second-order valence-corrected chi connectivity index (χ2v) is 8.95. The number of anilines is 1. The minimum atomic E-state index is -1.11. The number of hydrogen-bond donors (Lipinski definition) is 2. The summed E-state index contributed by atoms with van der Waals surface area (Å²) in [5.74, 6) is -0.277. The van der Waals surface area contributed by atoms with E-state index in [1.165, 1.54) is 0 Å². The third-order valence-electron chi connectivity index (χ3n) is 7.56. The van der Waals surface area contributed by atoms with Crippen LogP contribution in [-0.4, -0.2) is 5.91 Å². The maximum absolute atomic E-state index is 13.9. The van der Waals surface area contributed by atoms with Gasteiger partial charge in [-0.25, -0.2) is 0 Å². The third kappa shape index (κ3) is 2.28. The molecule has 1 heterocycles. The molecule has 4 nitrogen and oxygen atoms in total. The number of carbonyl (C=O) groups excluding carboxylic acids is 1. The first-order chi connectivity index (χ1) is 15.7. The Kier molecular flexibility index (Phi) is 4.03. The molecule has 1 amide bonds. The predicted molar refractivity (Wildman–Crippen MR) is 126 cm³/mol. The first kappa shape index (κ1) is 18.9. The summed E-state index contributed by atoms with van der Waals surface area (Å²) in [5, 5.41) is 15.5. The molecular formula is C28H23N3O. The number of carbonyl (C=O) groups is 1. The van der Waals surface area contributed by atoms with Gasteiger partial charge in [0.1, 0.15) is 11.5 Å². The van der Waals surface area contributed by atoms with Crippen LogP contribution < -0.4 is 11.1 Å². The van der Waals surface area contributed by atoms with Crippen molar-refractivity contribution >= 4 is 22.4 Å². The summed E-state index contributed by atoms with van der Waals surface area (Å²) in [6.07, 6.45) is 5.06. The lowest BCUT2D eigenvalue weighted by molar-refractivity contribution is -0.121. The Labute approximate surface area is 187 Å². The van der Waals surface area contributed by atoms with E-state index in [0.717, 1.165) is 52.4 Å². The van der Waals surface area contributed by atoms with Crippen LogP contribution in [0.2, 0.25) is 0 Å². The number of allylic oxidation sites excluding steroid dienone is 3. The molecule has 3 aliphatic rings. The van der Waals surface area contributed by atoms with E-state index >= 15 is 0 Å². The molecule has 0 aromatic heterocycles. The fourth-order valence-corrected chi connectivity index (χ4v) is 6.31. The number of hydrogen-bond acceptors (Lipinski definition) is 3. The zero-order valence-electron chi connectivity index (χ0n) is 17.6. The average molecular weight is 418 g/mol. The van der Waals surface area contributed by atoms with E-state index < -0.39 is 5.41 Å². The van der Waals surface area contributed by atoms with E-state index in [-0.39, 0.29) is 17.7 Å². The Morgan fingerprint density at radius 2 is 1.81 bits per heavy atom. The molecule has 6 rings (SSSR count). The molecule has 3 N–H and O–H groups in total. The van der Waals surface area contributed by atoms with Gasteiger partial charge >= 0.3 is 0 Å². The third-order valence-corrected chi connectivity index (χ3v) is 7.56. The van der Waals surface area contributed by atoms with Gasteiger partial charge < -0.3 is 11.1 Å². The van der Waals surface area contributed by atoms with Gasteiger partial charge in [-0.3, -0.25) is 4.79 Å². The van der Waals surface area contributed by atoms with Crippen molar-refractivity contribution in [2.24, 2.45) is 11.7 Å². The molecule has 0 fully saturated rings. The number of amides is 1. The maximum atomic E-state index is 13.9. The smallest absolute Gasteiger partial charge is 0.241 e. The maximum Gasteiger partial charge on any atom is 0.241 e. The topological polar surface area (TPSA) is 78.9 Å². The van der Waals surface area contributed by atoms with Gasteiger partial charge in [0, 0.05) is 17.3 Å². The van der Waals surface area contributed by atoms with Crippen LogP contribution in [0, 0.1) is 17.2 Å². The van der Waals surface area contributed by atoms with Gasteiger partial charge in [0.2, 0.25) is 5.91 Å². The Morgan fingerprint density at radius 3 is 2.69 bits per heavy atom. The van der Waals surface area contributed by atoms with E-state index in [2.05, 4.69) is 47.8 Å². The average Bonchev–Trinajstić information content (AvgIpc) is 3.12. The van der Waals surface area contributed by atoms with E-state index in [1.807, 2.05) is 36.4 Å². The van der Waals surface area contributed by atoms with Crippen molar-refractivity contribution in [1.82, 2.24) is 0 Å². The van der Waals surface area contributed by atoms with Crippen molar-refractivity contribution in [2.45, 2.75) is 30.6 Å². The van der Waals surface area contributed by atoms with E-state index in [1.54, 1.807) is 0 Å². The van der Waals surface area contributed by atoms with Gasteiger partial charge in [-0.1, -0.05) is 66.7 Å². The zero-order valence-corrected chi connectivity index (χ0v) is 17.6. The second kappa shape index (κ2) is 6.83.